The van der Waals surface area contributed by atoms with Gasteiger partial charge in [0, 0.05) is 35.2 Å². The van der Waals surface area contributed by atoms with Crippen LogP contribution in [0.4, 0.5) is 4.39 Å². The molecule has 0 saturated carbocycles. The molecule has 1 atom stereocenters. The van der Waals surface area contributed by atoms with Crippen LogP contribution < -0.4 is 15.8 Å². The molecule has 1 aliphatic rings. The number of halogens is 2. The molecule has 1 unspecified atom stereocenters. The van der Waals surface area contributed by atoms with Crippen LogP contribution in [0.2, 0.25) is 0 Å². The van der Waals surface area contributed by atoms with Crippen LogP contribution in [0.25, 0.3) is 0 Å². The number of rotatable bonds is 9. The number of hydrogen-bond acceptors (Lipinski definition) is 4. The van der Waals surface area contributed by atoms with Crippen LogP contribution in [0, 0.1) is 11.7 Å². The fourth-order valence-corrected chi connectivity index (χ4v) is 5.37. The third kappa shape index (κ3) is 7.65. The molecular formula is C30H34BrFN4O2. The fourth-order valence-electron chi connectivity index (χ4n) is 4.96. The van der Waals surface area contributed by atoms with Crippen molar-refractivity contribution in [3.05, 3.63) is 99.3 Å². The Morgan fingerprint density at radius 1 is 1.16 bits per heavy atom. The largest absolute Gasteiger partial charge is 0.496 e. The number of piperidine rings is 1. The average Bonchev–Trinajstić information content (AvgIpc) is 2.92. The Hall–Kier alpha value is -3.23. The topological polar surface area (TPSA) is 79.9 Å². The second kappa shape index (κ2) is 13.5. The molecule has 0 aliphatic carbocycles. The van der Waals surface area contributed by atoms with Gasteiger partial charge in [-0.1, -0.05) is 52.3 Å². The molecule has 0 radical (unpaired) electrons. The van der Waals surface area contributed by atoms with E-state index >= 15 is 0 Å². The number of amides is 1. The predicted molar refractivity (Wildman–Crippen MR) is 153 cm³/mol. The second-order valence-corrected chi connectivity index (χ2v) is 10.5. The van der Waals surface area contributed by atoms with Gasteiger partial charge in [-0.15, -0.1) is 0 Å². The lowest BCUT2D eigenvalue weighted by atomic mass is 9.97. The van der Waals surface area contributed by atoms with E-state index in [4.69, 9.17) is 10.5 Å². The van der Waals surface area contributed by atoms with Crippen LogP contribution in [0.5, 0.6) is 5.75 Å². The van der Waals surface area contributed by atoms with Crippen LogP contribution in [0.3, 0.4) is 0 Å². The summed E-state index contributed by atoms with van der Waals surface area (Å²) < 4.78 is 21.2. The number of hydrogen-bond donors (Lipinski definition) is 2. The number of aliphatic imine (C=N–C) groups is 1. The Bertz CT molecular complexity index is 1270. The third-order valence-electron chi connectivity index (χ3n) is 6.86. The molecule has 3 aromatic carbocycles. The van der Waals surface area contributed by atoms with Gasteiger partial charge < -0.3 is 10.5 Å². The summed E-state index contributed by atoms with van der Waals surface area (Å²) in [7, 11) is 1.60. The van der Waals surface area contributed by atoms with Crippen molar-refractivity contribution in [2.45, 2.75) is 32.2 Å². The molecule has 1 aliphatic heterocycles. The van der Waals surface area contributed by atoms with Crippen molar-refractivity contribution < 1.29 is 13.9 Å². The number of benzene rings is 3. The minimum atomic E-state index is -0.462. The van der Waals surface area contributed by atoms with E-state index in [-0.39, 0.29) is 11.5 Å². The van der Waals surface area contributed by atoms with Crippen molar-refractivity contribution in [2.75, 3.05) is 26.7 Å². The Balaban J connectivity index is 1.36. The van der Waals surface area contributed by atoms with Crippen LogP contribution in [0.15, 0.2) is 76.2 Å². The summed E-state index contributed by atoms with van der Waals surface area (Å²) in [5.74, 6) is 0.253. The minimum Gasteiger partial charge on any atom is -0.496 e. The molecular weight excluding hydrogens is 547 g/mol. The van der Waals surface area contributed by atoms with Gasteiger partial charge in [0.15, 0.2) is 5.96 Å². The van der Waals surface area contributed by atoms with E-state index in [2.05, 4.69) is 55.4 Å². The fraction of sp³-hybridized carbons (Fsp3) is 0.333. The van der Waals surface area contributed by atoms with Gasteiger partial charge in [-0.25, -0.2) is 4.39 Å². The number of likely N-dealkylation sites (tertiary alicyclic amines) is 1. The van der Waals surface area contributed by atoms with Gasteiger partial charge in [0.05, 0.1) is 7.11 Å². The molecule has 0 bridgehead atoms. The number of carbonyl (C=O) groups excluding carboxylic acids is 1. The Morgan fingerprint density at radius 2 is 1.97 bits per heavy atom. The van der Waals surface area contributed by atoms with Gasteiger partial charge in [-0.05, 0) is 79.6 Å². The molecule has 0 spiro atoms. The van der Waals surface area contributed by atoms with E-state index in [9.17, 15) is 9.18 Å². The number of nitrogens with one attached hydrogen (secondary N) is 1. The lowest BCUT2D eigenvalue weighted by molar-refractivity contribution is 0.0975. The monoisotopic (exact) mass is 580 g/mol. The first-order valence-corrected chi connectivity index (χ1v) is 13.7. The highest BCUT2D eigenvalue weighted by Gasteiger charge is 2.21. The highest BCUT2D eigenvalue weighted by Crippen LogP contribution is 2.26. The minimum absolute atomic E-state index is 0.0547. The Morgan fingerprint density at radius 3 is 2.76 bits per heavy atom. The van der Waals surface area contributed by atoms with E-state index in [1.54, 1.807) is 13.2 Å². The van der Waals surface area contributed by atoms with Gasteiger partial charge in [-0.3, -0.25) is 20.0 Å². The smallest absolute Gasteiger partial charge is 0.258 e. The summed E-state index contributed by atoms with van der Waals surface area (Å²) in [6.07, 6.45) is 3.02. The Kier molecular flexibility index (Phi) is 9.90. The van der Waals surface area contributed by atoms with Gasteiger partial charge in [-0.2, -0.15) is 0 Å². The summed E-state index contributed by atoms with van der Waals surface area (Å²) in [6, 6.07) is 20.6. The first-order valence-electron chi connectivity index (χ1n) is 12.9. The predicted octanol–water partition coefficient (Wildman–Crippen LogP) is 5.34. The van der Waals surface area contributed by atoms with Crippen molar-refractivity contribution in [2.24, 2.45) is 16.6 Å². The van der Waals surface area contributed by atoms with Crippen molar-refractivity contribution in [3.63, 3.8) is 0 Å². The first-order chi connectivity index (χ1) is 18.4. The van der Waals surface area contributed by atoms with Crippen LogP contribution in [-0.4, -0.2) is 43.5 Å². The van der Waals surface area contributed by atoms with Gasteiger partial charge in [0.2, 0.25) is 0 Å². The van der Waals surface area contributed by atoms with Gasteiger partial charge in [0.25, 0.3) is 5.91 Å². The second-order valence-electron chi connectivity index (χ2n) is 9.63. The summed E-state index contributed by atoms with van der Waals surface area (Å²) >= 11 is 3.47. The molecule has 6 nitrogen and oxygen atoms in total. The maximum absolute atomic E-state index is 14.8. The summed E-state index contributed by atoms with van der Waals surface area (Å²) in [5.41, 5.74) is 8.90. The molecule has 38 heavy (non-hydrogen) atoms. The highest BCUT2D eigenvalue weighted by atomic mass is 79.9. The van der Waals surface area contributed by atoms with Crippen LogP contribution in [-0.2, 0) is 19.4 Å². The number of methoxy groups -OCH3 is 1. The van der Waals surface area contributed by atoms with E-state index < -0.39 is 11.7 Å². The summed E-state index contributed by atoms with van der Waals surface area (Å²) in [5, 5.41) is 2.66. The van der Waals surface area contributed by atoms with Crippen molar-refractivity contribution in [1.82, 2.24) is 10.2 Å². The van der Waals surface area contributed by atoms with Crippen LogP contribution >= 0.6 is 15.9 Å². The van der Waals surface area contributed by atoms with E-state index in [1.807, 2.05) is 24.3 Å². The van der Waals surface area contributed by atoms with E-state index in [1.165, 1.54) is 17.7 Å². The summed E-state index contributed by atoms with van der Waals surface area (Å²) in [4.78, 5) is 19.9. The van der Waals surface area contributed by atoms with Gasteiger partial charge >= 0.3 is 0 Å². The number of carbonyl (C=O) groups is 1. The highest BCUT2D eigenvalue weighted by molar-refractivity contribution is 9.10. The first kappa shape index (κ1) is 27.8. The van der Waals surface area contributed by atoms with E-state index in [0.29, 0.717) is 30.9 Å². The maximum Gasteiger partial charge on any atom is 0.258 e. The normalized spacial score (nSPS) is 16.3. The average molecular weight is 582 g/mol. The summed E-state index contributed by atoms with van der Waals surface area (Å²) in [6.45, 7) is 3.46. The van der Waals surface area contributed by atoms with Crippen molar-refractivity contribution in [1.29, 1.82) is 0 Å². The van der Waals surface area contributed by atoms with E-state index in [0.717, 1.165) is 48.3 Å². The number of aryl methyl sites for hydroxylation is 1. The lowest BCUT2D eigenvalue weighted by Gasteiger charge is -2.32. The SMILES string of the molecule is COc1ccc(Br)cc1CCc1c(F)cccc1C(=O)NC(N)=NCC1CCCN(Cc2ccccc2)C1. The molecule has 4 rings (SSSR count). The third-order valence-corrected chi connectivity index (χ3v) is 7.36. The number of nitrogens with zero attached hydrogens (tertiary/aromatic N) is 2. The van der Waals surface area contributed by atoms with Crippen molar-refractivity contribution >= 4 is 27.8 Å². The maximum atomic E-state index is 14.8. The van der Waals surface area contributed by atoms with Gasteiger partial charge in [0.1, 0.15) is 11.6 Å². The molecule has 0 aromatic heterocycles. The zero-order valence-corrected chi connectivity index (χ0v) is 23.2. The molecule has 3 aromatic rings. The number of ether oxygens (including phenoxy) is 1. The zero-order chi connectivity index (χ0) is 26.9. The standard InChI is InChI=1S/C30H34BrFN4O2/c1-38-28-15-13-24(31)17-23(28)12-14-25-26(10-5-11-27(25)32)29(37)35-30(33)34-18-22-9-6-16-36(20-22)19-21-7-3-2-4-8-21/h2-5,7-8,10-11,13,15,17,22H,6,9,12,14,16,18-20H2,1H3,(H3,33,34,35,37). The number of nitrogens with two attached hydrogens (primary N) is 1. The molecule has 3 N–H and O–H groups in total. The quantitative estimate of drug-likeness (QED) is 0.264. The zero-order valence-electron chi connectivity index (χ0n) is 21.6. The molecule has 1 saturated heterocycles. The lowest BCUT2D eigenvalue weighted by Crippen LogP contribution is -2.39. The molecule has 1 fully saturated rings. The molecule has 1 heterocycles. The van der Waals surface area contributed by atoms with Crippen LogP contribution in [0.1, 0.15) is 39.9 Å². The Labute approximate surface area is 232 Å². The molecule has 1 amide bonds. The molecule has 8 heteroatoms. The number of guanidine groups is 1. The molecule has 200 valence electrons. The van der Waals surface area contributed by atoms with Crippen molar-refractivity contribution in [3.8, 4) is 5.75 Å².